The van der Waals surface area contributed by atoms with Gasteiger partial charge in [0.05, 0.1) is 6.61 Å². The highest BCUT2D eigenvalue weighted by atomic mass is 19.1. The fourth-order valence-corrected chi connectivity index (χ4v) is 0.828. The quantitative estimate of drug-likeness (QED) is 0.729. The number of benzene rings is 1. The van der Waals surface area contributed by atoms with Gasteiger partial charge in [0.25, 0.3) is 0 Å². The average Bonchev–Trinajstić information content (AvgIpc) is 2.18. The summed E-state index contributed by atoms with van der Waals surface area (Å²) in [6, 6.07) is 4.95. The fourth-order valence-electron chi connectivity index (χ4n) is 0.828. The Bertz CT molecular complexity index is 300. The third kappa shape index (κ3) is 3.40. The number of hydrogen-bond acceptors (Lipinski definition) is 2. The number of rotatable bonds is 3. The first-order valence-electron chi connectivity index (χ1n) is 4.16. The van der Waals surface area contributed by atoms with Gasteiger partial charge in [-0.1, -0.05) is 0 Å². The van der Waals surface area contributed by atoms with Gasteiger partial charge in [-0.25, -0.2) is 14.7 Å². The number of nitrogens with one attached hydrogen (secondary N) is 2. The molecule has 2 N–H and O–H groups in total. The van der Waals surface area contributed by atoms with Crippen molar-refractivity contribution in [1.82, 2.24) is 5.48 Å². The van der Waals surface area contributed by atoms with E-state index in [0.29, 0.717) is 12.3 Å². The van der Waals surface area contributed by atoms with E-state index in [4.69, 9.17) is 0 Å². The van der Waals surface area contributed by atoms with Crippen molar-refractivity contribution < 1.29 is 14.0 Å². The highest BCUT2D eigenvalue weighted by Gasteiger charge is 2.00. The van der Waals surface area contributed by atoms with Crippen molar-refractivity contribution in [3.8, 4) is 0 Å². The Morgan fingerprint density at radius 1 is 1.43 bits per heavy atom. The first kappa shape index (κ1) is 10.5. The average molecular weight is 198 g/mol. The van der Waals surface area contributed by atoms with Crippen molar-refractivity contribution in [3.05, 3.63) is 30.1 Å². The molecule has 0 spiro atoms. The number of carbonyl (C=O) groups excluding carboxylic acids is 1. The predicted molar refractivity (Wildman–Crippen MR) is 50.2 cm³/mol. The van der Waals surface area contributed by atoms with Crippen molar-refractivity contribution in [2.75, 3.05) is 11.9 Å². The van der Waals surface area contributed by atoms with E-state index in [0.717, 1.165) is 0 Å². The Morgan fingerprint density at radius 3 is 2.64 bits per heavy atom. The Kier molecular flexibility index (Phi) is 3.87. The van der Waals surface area contributed by atoms with E-state index in [9.17, 15) is 9.18 Å². The normalized spacial score (nSPS) is 9.57. The van der Waals surface area contributed by atoms with Crippen LogP contribution in [0.4, 0.5) is 14.9 Å². The van der Waals surface area contributed by atoms with Crippen LogP contribution in [-0.4, -0.2) is 12.6 Å². The van der Waals surface area contributed by atoms with Crippen LogP contribution in [0, 0.1) is 5.82 Å². The largest absolute Gasteiger partial charge is 0.343 e. The van der Waals surface area contributed by atoms with Gasteiger partial charge in [0.2, 0.25) is 0 Å². The van der Waals surface area contributed by atoms with Crippen molar-refractivity contribution in [3.63, 3.8) is 0 Å². The monoisotopic (exact) mass is 198 g/mol. The van der Waals surface area contributed by atoms with Crippen LogP contribution < -0.4 is 10.8 Å². The first-order valence-corrected chi connectivity index (χ1v) is 4.16. The molecule has 1 rings (SSSR count). The minimum atomic E-state index is -0.488. The van der Waals surface area contributed by atoms with Crippen molar-refractivity contribution >= 4 is 11.7 Å². The van der Waals surface area contributed by atoms with Crippen LogP contribution in [0.15, 0.2) is 24.3 Å². The van der Waals surface area contributed by atoms with Crippen molar-refractivity contribution in [1.29, 1.82) is 0 Å². The number of halogens is 1. The molecular formula is C9H11FN2O2. The second-order valence-electron chi connectivity index (χ2n) is 2.50. The van der Waals surface area contributed by atoms with E-state index in [1.165, 1.54) is 24.3 Å². The lowest BCUT2D eigenvalue weighted by atomic mass is 10.3. The van der Waals surface area contributed by atoms with Gasteiger partial charge in [0.15, 0.2) is 0 Å². The van der Waals surface area contributed by atoms with Crippen LogP contribution in [0.25, 0.3) is 0 Å². The molecule has 0 aliphatic rings. The molecule has 5 heteroatoms. The highest BCUT2D eigenvalue weighted by molar-refractivity contribution is 5.88. The summed E-state index contributed by atoms with van der Waals surface area (Å²) in [5, 5.41) is 2.46. The zero-order valence-electron chi connectivity index (χ0n) is 7.71. The summed E-state index contributed by atoms with van der Waals surface area (Å²) in [4.78, 5) is 15.7. The van der Waals surface area contributed by atoms with Gasteiger partial charge in [0, 0.05) is 5.69 Å². The zero-order chi connectivity index (χ0) is 10.4. The van der Waals surface area contributed by atoms with E-state index in [1.807, 2.05) is 0 Å². The predicted octanol–water partition coefficient (Wildman–Crippen LogP) is 1.90. The van der Waals surface area contributed by atoms with E-state index >= 15 is 0 Å². The van der Waals surface area contributed by atoms with Gasteiger partial charge < -0.3 is 5.32 Å². The molecule has 0 aromatic heterocycles. The van der Waals surface area contributed by atoms with E-state index in [1.54, 1.807) is 6.92 Å². The van der Waals surface area contributed by atoms with Gasteiger partial charge in [-0.15, -0.1) is 0 Å². The summed E-state index contributed by atoms with van der Waals surface area (Å²) < 4.78 is 12.5. The molecule has 0 atom stereocenters. The molecule has 0 heterocycles. The maximum atomic E-state index is 12.5. The summed E-state index contributed by atoms with van der Waals surface area (Å²) in [7, 11) is 0. The second kappa shape index (κ2) is 5.18. The SMILES string of the molecule is CCONC(=O)Nc1ccc(F)cc1. The number of amides is 2. The molecule has 1 aromatic rings. The topological polar surface area (TPSA) is 50.4 Å². The Hall–Kier alpha value is -1.62. The first-order chi connectivity index (χ1) is 6.72. The van der Waals surface area contributed by atoms with Crippen LogP contribution in [0.1, 0.15) is 6.92 Å². The smallest absolute Gasteiger partial charge is 0.306 e. The molecule has 0 radical (unpaired) electrons. The summed E-state index contributed by atoms with van der Waals surface area (Å²) in [5.41, 5.74) is 2.65. The third-order valence-electron chi connectivity index (χ3n) is 1.41. The van der Waals surface area contributed by atoms with Crippen molar-refractivity contribution in [2.45, 2.75) is 6.92 Å². The Labute approximate surface area is 81.0 Å². The van der Waals surface area contributed by atoms with E-state index in [2.05, 4.69) is 15.6 Å². The molecule has 4 nitrogen and oxygen atoms in total. The number of anilines is 1. The highest BCUT2D eigenvalue weighted by Crippen LogP contribution is 2.07. The molecule has 76 valence electrons. The number of urea groups is 1. The molecule has 14 heavy (non-hydrogen) atoms. The molecular weight excluding hydrogens is 187 g/mol. The van der Waals surface area contributed by atoms with E-state index < -0.39 is 6.03 Å². The maximum Gasteiger partial charge on any atom is 0.343 e. The van der Waals surface area contributed by atoms with Crippen LogP contribution >= 0.6 is 0 Å². The molecule has 0 bridgehead atoms. The standard InChI is InChI=1S/C9H11FN2O2/c1-2-14-12-9(13)11-8-5-3-7(10)4-6-8/h3-6H,2H2,1H3,(H2,11,12,13). The molecule has 0 aliphatic carbocycles. The molecule has 0 saturated heterocycles. The van der Waals surface area contributed by atoms with Gasteiger partial charge in [-0.3, -0.25) is 4.84 Å². The van der Waals surface area contributed by atoms with Gasteiger partial charge in [-0.2, -0.15) is 0 Å². The molecule has 2 amide bonds. The summed E-state index contributed by atoms with van der Waals surface area (Å²) in [6.07, 6.45) is 0. The van der Waals surface area contributed by atoms with Crippen molar-refractivity contribution in [2.24, 2.45) is 0 Å². The van der Waals surface area contributed by atoms with Crippen LogP contribution in [0.3, 0.4) is 0 Å². The van der Waals surface area contributed by atoms with Crippen LogP contribution in [-0.2, 0) is 4.84 Å². The lowest BCUT2D eigenvalue weighted by Crippen LogP contribution is -2.28. The molecule has 1 aromatic carbocycles. The molecule has 0 unspecified atom stereocenters. The number of carbonyl (C=O) groups is 1. The molecule has 0 saturated carbocycles. The maximum absolute atomic E-state index is 12.5. The number of hydrogen-bond donors (Lipinski definition) is 2. The van der Waals surface area contributed by atoms with Gasteiger partial charge in [0.1, 0.15) is 5.82 Å². The second-order valence-corrected chi connectivity index (χ2v) is 2.50. The number of hydroxylamine groups is 1. The minimum absolute atomic E-state index is 0.347. The van der Waals surface area contributed by atoms with Gasteiger partial charge in [-0.05, 0) is 31.2 Å². The lowest BCUT2D eigenvalue weighted by molar-refractivity contribution is 0.0758. The molecule has 0 aliphatic heterocycles. The Morgan fingerprint density at radius 2 is 2.07 bits per heavy atom. The summed E-state index contributed by atoms with van der Waals surface area (Å²) in [6.45, 7) is 2.13. The summed E-state index contributed by atoms with van der Waals surface area (Å²) >= 11 is 0. The summed E-state index contributed by atoms with van der Waals surface area (Å²) in [5.74, 6) is -0.347. The van der Waals surface area contributed by atoms with Crippen LogP contribution in [0.5, 0.6) is 0 Å². The van der Waals surface area contributed by atoms with E-state index in [-0.39, 0.29) is 5.82 Å². The zero-order valence-corrected chi connectivity index (χ0v) is 7.71. The lowest BCUT2D eigenvalue weighted by Gasteiger charge is -2.05. The van der Waals surface area contributed by atoms with Crippen LogP contribution in [0.2, 0.25) is 0 Å². The van der Waals surface area contributed by atoms with Gasteiger partial charge >= 0.3 is 6.03 Å². The minimum Gasteiger partial charge on any atom is -0.306 e. The third-order valence-corrected chi connectivity index (χ3v) is 1.41. The fraction of sp³-hybridized carbons (Fsp3) is 0.222. The molecule has 0 fully saturated rings. The Balaban J connectivity index is 2.44.